The van der Waals surface area contributed by atoms with Crippen LogP contribution in [0.5, 0.6) is 0 Å². The van der Waals surface area contributed by atoms with Gasteiger partial charge in [0, 0.05) is 11.7 Å². The smallest absolute Gasteiger partial charge is 0.338 e. The lowest BCUT2D eigenvalue weighted by molar-refractivity contribution is 0.0691. The number of hydrogen-bond acceptors (Lipinski definition) is 3. The number of nitrogens with one attached hydrogen (secondary N) is 1. The van der Waals surface area contributed by atoms with Crippen molar-refractivity contribution in [3.05, 3.63) is 23.6 Å². The molecule has 1 fully saturated rings. The molecule has 1 heterocycles. The molecule has 1 saturated carbocycles. The summed E-state index contributed by atoms with van der Waals surface area (Å²) in [6, 6.07) is 1.17. The summed E-state index contributed by atoms with van der Waals surface area (Å²) in [5.41, 5.74) is -0.446. The second kappa shape index (κ2) is 4.31. The van der Waals surface area contributed by atoms with Gasteiger partial charge in [0.2, 0.25) is 0 Å². The van der Waals surface area contributed by atoms with Crippen molar-refractivity contribution < 1.29 is 14.3 Å². The number of rotatable bonds is 4. The molecule has 0 radical (unpaired) electrons. The van der Waals surface area contributed by atoms with Crippen molar-refractivity contribution in [2.45, 2.75) is 38.1 Å². The van der Waals surface area contributed by atoms with Gasteiger partial charge in [0.15, 0.2) is 11.6 Å². The predicted molar refractivity (Wildman–Crippen MR) is 61.7 cm³/mol. The van der Waals surface area contributed by atoms with Gasteiger partial charge in [-0.3, -0.25) is 0 Å². The average molecular weight is 238 g/mol. The average Bonchev–Trinajstić information content (AvgIpc) is 2.25. The second-order valence-electron chi connectivity index (χ2n) is 4.44. The van der Waals surface area contributed by atoms with Crippen LogP contribution in [-0.2, 0) is 0 Å². The van der Waals surface area contributed by atoms with E-state index in [2.05, 4.69) is 10.3 Å². The molecule has 1 aromatic heterocycles. The highest BCUT2D eigenvalue weighted by atomic mass is 19.1. The Bertz CT molecular complexity index is 439. The minimum absolute atomic E-state index is 0.0476. The first-order chi connectivity index (χ1) is 8.08. The van der Waals surface area contributed by atoms with E-state index < -0.39 is 11.8 Å². The molecule has 92 valence electrons. The zero-order valence-corrected chi connectivity index (χ0v) is 9.66. The third-order valence-electron chi connectivity index (χ3n) is 3.49. The molecule has 17 heavy (non-hydrogen) atoms. The van der Waals surface area contributed by atoms with Crippen LogP contribution in [0.4, 0.5) is 10.2 Å². The highest BCUT2D eigenvalue weighted by Gasteiger charge is 2.36. The lowest BCUT2D eigenvalue weighted by atomic mass is 9.75. The number of anilines is 1. The maximum atomic E-state index is 13.8. The minimum atomic E-state index is -1.27. The summed E-state index contributed by atoms with van der Waals surface area (Å²) in [7, 11) is 0. The zero-order valence-electron chi connectivity index (χ0n) is 9.66. The molecule has 1 aliphatic rings. The summed E-state index contributed by atoms with van der Waals surface area (Å²) < 4.78 is 13.8. The van der Waals surface area contributed by atoms with Crippen LogP contribution >= 0.6 is 0 Å². The van der Waals surface area contributed by atoms with E-state index in [-0.39, 0.29) is 16.9 Å². The predicted octanol–water partition coefficient (Wildman–Crippen LogP) is 2.66. The van der Waals surface area contributed by atoms with Crippen LogP contribution in [0.2, 0.25) is 0 Å². The molecule has 0 amide bonds. The monoisotopic (exact) mass is 238 g/mol. The van der Waals surface area contributed by atoms with E-state index in [0.717, 1.165) is 25.7 Å². The van der Waals surface area contributed by atoms with Gasteiger partial charge in [-0.05, 0) is 31.7 Å². The number of carboxylic acid groups (broad SMARTS) is 1. The molecule has 1 aliphatic carbocycles. The van der Waals surface area contributed by atoms with Crippen molar-refractivity contribution in [1.29, 1.82) is 0 Å². The van der Waals surface area contributed by atoms with Gasteiger partial charge in [-0.2, -0.15) is 0 Å². The normalized spacial score (nSPS) is 17.3. The molecule has 2 N–H and O–H groups in total. The Morgan fingerprint density at radius 1 is 1.65 bits per heavy atom. The summed E-state index contributed by atoms with van der Waals surface area (Å²) in [6.07, 6.45) is 5.26. The molecule has 1 aromatic rings. The van der Waals surface area contributed by atoms with Crippen LogP contribution in [0.3, 0.4) is 0 Å². The van der Waals surface area contributed by atoms with E-state index in [4.69, 9.17) is 5.11 Å². The van der Waals surface area contributed by atoms with Crippen LogP contribution in [0.1, 0.15) is 43.0 Å². The number of carbonyl (C=O) groups is 1. The van der Waals surface area contributed by atoms with E-state index in [1.807, 2.05) is 6.92 Å². The number of halogens is 1. The van der Waals surface area contributed by atoms with E-state index >= 15 is 0 Å². The largest absolute Gasteiger partial charge is 0.478 e. The SMILES string of the molecule is CCC1(Nc2nccc(C(=O)O)c2F)CCC1. The number of aromatic nitrogens is 1. The lowest BCUT2D eigenvalue weighted by Gasteiger charge is -2.42. The van der Waals surface area contributed by atoms with Gasteiger partial charge in [0.1, 0.15) is 5.56 Å². The number of nitrogens with zero attached hydrogens (tertiary/aromatic N) is 1. The van der Waals surface area contributed by atoms with Crippen LogP contribution in [0.25, 0.3) is 0 Å². The van der Waals surface area contributed by atoms with Gasteiger partial charge >= 0.3 is 5.97 Å². The molecule has 0 atom stereocenters. The first-order valence-electron chi connectivity index (χ1n) is 5.74. The molecule has 0 aliphatic heterocycles. The van der Waals surface area contributed by atoms with E-state index in [9.17, 15) is 9.18 Å². The van der Waals surface area contributed by atoms with Gasteiger partial charge in [-0.1, -0.05) is 6.92 Å². The topological polar surface area (TPSA) is 62.2 Å². The van der Waals surface area contributed by atoms with Crippen LogP contribution in [-0.4, -0.2) is 21.6 Å². The van der Waals surface area contributed by atoms with Crippen LogP contribution in [0.15, 0.2) is 12.3 Å². The molecule has 0 bridgehead atoms. The Balaban J connectivity index is 2.27. The highest BCUT2D eigenvalue weighted by molar-refractivity contribution is 5.88. The van der Waals surface area contributed by atoms with Gasteiger partial charge in [-0.15, -0.1) is 0 Å². The molecule has 5 heteroatoms. The van der Waals surface area contributed by atoms with Crippen molar-refractivity contribution in [3.63, 3.8) is 0 Å². The third-order valence-corrected chi connectivity index (χ3v) is 3.49. The van der Waals surface area contributed by atoms with E-state index in [1.54, 1.807) is 0 Å². The first-order valence-corrected chi connectivity index (χ1v) is 5.74. The first kappa shape index (κ1) is 11.8. The maximum absolute atomic E-state index is 13.8. The molecule has 4 nitrogen and oxygen atoms in total. The van der Waals surface area contributed by atoms with Crippen molar-refractivity contribution in [1.82, 2.24) is 4.98 Å². The molecule has 0 saturated heterocycles. The third kappa shape index (κ3) is 2.09. The Hall–Kier alpha value is -1.65. The fourth-order valence-corrected chi connectivity index (χ4v) is 2.12. The van der Waals surface area contributed by atoms with Crippen LogP contribution in [0, 0.1) is 5.82 Å². The number of carboxylic acids is 1. The number of pyridine rings is 1. The van der Waals surface area contributed by atoms with Gasteiger partial charge in [0.25, 0.3) is 0 Å². The van der Waals surface area contributed by atoms with Crippen molar-refractivity contribution in [3.8, 4) is 0 Å². The molecular formula is C12H15FN2O2. The second-order valence-corrected chi connectivity index (χ2v) is 4.44. The molecule has 2 rings (SSSR count). The zero-order chi connectivity index (χ0) is 12.5. The summed E-state index contributed by atoms with van der Waals surface area (Å²) >= 11 is 0. The molecule has 0 aromatic carbocycles. The summed E-state index contributed by atoms with van der Waals surface area (Å²) in [5.74, 6) is -2.00. The minimum Gasteiger partial charge on any atom is -0.478 e. The molecule has 0 unspecified atom stereocenters. The number of aromatic carboxylic acids is 1. The van der Waals surface area contributed by atoms with Crippen LogP contribution < -0.4 is 5.32 Å². The van der Waals surface area contributed by atoms with Gasteiger partial charge < -0.3 is 10.4 Å². The summed E-state index contributed by atoms with van der Waals surface area (Å²) in [6.45, 7) is 2.03. The summed E-state index contributed by atoms with van der Waals surface area (Å²) in [4.78, 5) is 14.7. The highest BCUT2D eigenvalue weighted by Crippen LogP contribution is 2.38. The maximum Gasteiger partial charge on any atom is 0.338 e. The van der Waals surface area contributed by atoms with E-state index in [0.29, 0.717) is 0 Å². The summed E-state index contributed by atoms with van der Waals surface area (Å²) in [5, 5.41) is 11.9. The molecular weight excluding hydrogens is 223 g/mol. The van der Waals surface area contributed by atoms with Crippen molar-refractivity contribution >= 4 is 11.8 Å². The lowest BCUT2D eigenvalue weighted by Crippen LogP contribution is -2.44. The number of hydrogen-bond donors (Lipinski definition) is 2. The Morgan fingerprint density at radius 3 is 2.82 bits per heavy atom. The fraction of sp³-hybridized carbons (Fsp3) is 0.500. The Kier molecular flexibility index (Phi) is 3.00. The van der Waals surface area contributed by atoms with Gasteiger partial charge in [-0.25, -0.2) is 14.2 Å². The quantitative estimate of drug-likeness (QED) is 0.846. The van der Waals surface area contributed by atoms with Gasteiger partial charge in [0.05, 0.1) is 0 Å². The van der Waals surface area contributed by atoms with Crippen molar-refractivity contribution in [2.24, 2.45) is 0 Å². The standard InChI is InChI=1S/C12H15FN2O2/c1-2-12(5-3-6-12)15-10-9(13)8(11(16)17)4-7-14-10/h4,7H,2-3,5-6H2,1H3,(H,14,15)(H,16,17). The molecule has 0 spiro atoms. The Labute approximate surface area is 98.9 Å². The van der Waals surface area contributed by atoms with E-state index in [1.165, 1.54) is 12.3 Å². The van der Waals surface area contributed by atoms with Crippen molar-refractivity contribution in [2.75, 3.05) is 5.32 Å². The Morgan fingerprint density at radius 2 is 2.35 bits per heavy atom. The fourth-order valence-electron chi connectivity index (χ4n) is 2.12.